The molecule has 0 aromatic heterocycles. The van der Waals surface area contributed by atoms with Crippen molar-refractivity contribution >= 4 is 29.2 Å². The van der Waals surface area contributed by atoms with Crippen molar-refractivity contribution in [1.29, 1.82) is 0 Å². The summed E-state index contributed by atoms with van der Waals surface area (Å²) in [5, 5.41) is 2.09. The van der Waals surface area contributed by atoms with Crippen LogP contribution < -0.4 is 10.1 Å². The summed E-state index contributed by atoms with van der Waals surface area (Å²) in [6.45, 7) is 1.27. The van der Waals surface area contributed by atoms with Gasteiger partial charge in [-0.05, 0) is 36.8 Å². The molecule has 0 aliphatic carbocycles. The third kappa shape index (κ3) is 5.60. The standard InChI is InChI=1S/C25H20F3NO4/c1-15(24(30)29-20-13-12-19(26)22(27)23(20)28)33-25(31)18(16-8-4-3-5-9-16)14-17-10-6-7-11-21(17)32-2/h3-15H,1-2H3,(H,29,30)/b18-14+. The molecule has 1 N–H and O–H groups in total. The number of benzene rings is 3. The van der Waals surface area contributed by atoms with Crippen LogP contribution in [0.25, 0.3) is 11.6 Å². The molecule has 3 rings (SSSR count). The van der Waals surface area contributed by atoms with E-state index in [9.17, 15) is 22.8 Å². The SMILES string of the molecule is COc1ccccc1/C=C(/C(=O)OC(C)C(=O)Nc1ccc(F)c(F)c1F)c1ccccc1. The molecule has 0 radical (unpaired) electrons. The van der Waals surface area contributed by atoms with Gasteiger partial charge in [0.2, 0.25) is 0 Å². The molecule has 1 unspecified atom stereocenters. The second kappa shape index (κ2) is 10.5. The van der Waals surface area contributed by atoms with Crippen LogP contribution in [0.2, 0.25) is 0 Å². The maximum atomic E-state index is 13.9. The molecule has 0 aliphatic rings. The zero-order valence-electron chi connectivity index (χ0n) is 17.8. The van der Waals surface area contributed by atoms with Gasteiger partial charge in [-0.3, -0.25) is 4.79 Å². The van der Waals surface area contributed by atoms with Crippen LogP contribution in [0.15, 0.2) is 66.7 Å². The van der Waals surface area contributed by atoms with Gasteiger partial charge in [-0.2, -0.15) is 0 Å². The summed E-state index contributed by atoms with van der Waals surface area (Å²) in [6, 6.07) is 17.2. The predicted molar refractivity (Wildman–Crippen MR) is 118 cm³/mol. The van der Waals surface area contributed by atoms with Crippen LogP contribution in [0.4, 0.5) is 18.9 Å². The van der Waals surface area contributed by atoms with Crippen LogP contribution in [0.3, 0.4) is 0 Å². The largest absolute Gasteiger partial charge is 0.496 e. The quantitative estimate of drug-likeness (QED) is 0.230. The number of rotatable bonds is 7. The number of methoxy groups -OCH3 is 1. The van der Waals surface area contributed by atoms with Crippen molar-refractivity contribution in [3.8, 4) is 5.75 Å². The molecule has 5 nitrogen and oxygen atoms in total. The Kier molecular flexibility index (Phi) is 7.50. The first kappa shape index (κ1) is 23.6. The molecule has 3 aromatic carbocycles. The molecular weight excluding hydrogens is 435 g/mol. The smallest absolute Gasteiger partial charge is 0.339 e. The van der Waals surface area contributed by atoms with E-state index in [1.165, 1.54) is 14.0 Å². The van der Waals surface area contributed by atoms with Gasteiger partial charge in [0.05, 0.1) is 18.4 Å². The molecule has 1 amide bonds. The zero-order chi connectivity index (χ0) is 24.0. The van der Waals surface area contributed by atoms with Crippen LogP contribution >= 0.6 is 0 Å². The summed E-state index contributed by atoms with van der Waals surface area (Å²) in [5.41, 5.74) is 0.720. The van der Waals surface area contributed by atoms with Crippen LogP contribution in [0.1, 0.15) is 18.1 Å². The highest BCUT2D eigenvalue weighted by molar-refractivity contribution is 6.22. The average Bonchev–Trinajstić information content (AvgIpc) is 2.83. The molecule has 0 spiro atoms. The monoisotopic (exact) mass is 455 g/mol. The van der Waals surface area contributed by atoms with E-state index in [1.54, 1.807) is 60.7 Å². The third-order valence-electron chi connectivity index (χ3n) is 4.69. The van der Waals surface area contributed by atoms with E-state index in [2.05, 4.69) is 5.32 Å². The molecule has 33 heavy (non-hydrogen) atoms. The van der Waals surface area contributed by atoms with Gasteiger partial charge in [0.25, 0.3) is 5.91 Å². The molecule has 0 bridgehead atoms. The van der Waals surface area contributed by atoms with E-state index < -0.39 is 41.1 Å². The number of amides is 1. The summed E-state index contributed by atoms with van der Waals surface area (Å²) in [5.74, 6) is -5.87. The Bertz CT molecular complexity index is 1200. The van der Waals surface area contributed by atoms with Crippen molar-refractivity contribution in [1.82, 2.24) is 0 Å². The van der Waals surface area contributed by atoms with Crippen molar-refractivity contribution in [2.24, 2.45) is 0 Å². The second-order valence-corrected chi connectivity index (χ2v) is 6.93. The van der Waals surface area contributed by atoms with E-state index >= 15 is 0 Å². The van der Waals surface area contributed by atoms with Gasteiger partial charge in [-0.15, -0.1) is 0 Å². The molecule has 0 saturated carbocycles. The van der Waals surface area contributed by atoms with Crippen LogP contribution in [-0.4, -0.2) is 25.1 Å². The van der Waals surface area contributed by atoms with Crippen LogP contribution in [0.5, 0.6) is 5.75 Å². The number of carbonyl (C=O) groups excluding carboxylic acids is 2. The molecule has 0 aliphatic heterocycles. The van der Waals surface area contributed by atoms with E-state index in [0.29, 0.717) is 22.9 Å². The van der Waals surface area contributed by atoms with Gasteiger partial charge in [0.15, 0.2) is 23.6 Å². The fourth-order valence-electron chi connectivity index (χ4n) is 2.95. The van der Waals surface area contributed by atoms with Gasteiger partial charge >= 0.3 is 5.97 Å². The first-order chi connectivity index (χ1) is 15.8. The highest BCUT2D eigenvalue weighted by atomic mass is 19.2. The molecule has 3 aromatic rings. The summed E-state index contributed by atoms with van der Waals surface area (Å²) >= 11 is 0. The first-order valence-electron chi connectivity index (χ1n) is 9.87. The third-order valence-corrected chi connectivity index (χ3v) is 4.69. The summed E-state index contributed by atoms with van der Waals surface area (Å²) in [7, 11) is 1.50. The molecule has 1 atom stereocenters. The minimum atomic E-state index is -1.72. The number of para-hydroxylation sites is 1. The van der Waals surface area contributed by atoms with E-state index in [0.717, 1.165) is 6.07 Å². The number of halogens is 3. The number of anilines is 1. The molecule has 170 valence electrons. The molecule has 0 heterocycles. The number of hydrogen-bond acceptors (Lipinski definition) is 4. The summed E-state index contributed by atoms with van der Waals surface area (Å²) < 4.78 is 51.0. The van der Waals surface area contributed by atoms with Crippen molar-refractivity contribution in [2.45, 2.75) is 13.0 Å². The predicted octanol–water partition coefficient (Wildman–Crippen LogP) is 5.22. The lowest BCUT2D eigenvalue weighted by Gasteiger charge is -2.16. The maximum Gasteiger partial charge on any atom is 0.339 e. The molecule has 0 fully saturated rings. The average molecular weight is 455 g/mol. The summed E-state index contributed by atoms with van der Waals surface area (Å²) in [4.78, 5) is 25.4. The van der Waals surface area contributed by atoms with Crippen LogP contribution in [0, 0.1) is 17.5 Å². The molecular formula is C25H20F3NO4. The fourth-order valence-corrected chi connectivity index (χ4v) is 2.95. The Hall–Kier alpha value is -4.07. The topological polar surface area (TPSA) is 64.6 Å². The fraction of sp³-hybridized carbons (Fsp3) is 0.120. The van der Waals surface area contributed by atoms with Crippen molar-refractivity contribution in [3.05, 3.63) is 95.3 Å². The van der Waals surface area contributed by atoms with Crippen molar-refractivity contribution < 1.29 is 32.2 Å². The number of nitrogens with one attached hydrogen (secondary N) is 1. The minimum absolute atomic E-state index is 0.152. The number of esters is 1. The van der Waals surface area contributed by atoms with Gasteiger partial charge in [-0.25, -0.2) is 18.0 Å². The van der Waals surface area contributed by atoms with Crippen molar-refractivity contribution in [2.75, 3.05) is 12.4 Å². The summed E-state index contributed by atoms with van der Waals surface area (Å²) in [6.07, 6.45) is 0.200. The zero-order valence-corrected chi connectivity index (χ0v) is 17.8. The maximum absolute atomic E-state index is 13.9. The van der Waals surface area contributed by atoms with E-state index in [4.69, 9.17) is 9.47 Å². The van der Waals surface area contributed by atoms with Gasteiger partial charge < -0.3 is 14.8 Å². The molecule has 8 heteroatoms. The van der Waals surface area contributed by atoms with Crippen molar-refractivity contribution in [3.63, 3.8) is 0 Å². The number of ether oxygens (including phenoxy) is 2. The van der Waals surface area contributed by atoms with Crippen LogP contribution in [-0.2, 0) is 14.3 Å². The molecule has 0 saturated heterocycles. The second-order valence-electron chi connectivity index (χ2n) is 6.93. The minimum Gasteiger partial charge on any atom is -0.496 e. The first-order valence-corrected chi connectivity index (χ1v) is 9.87. The Labute approximate surface area is 188 Å². The number of hydrogen-bond donors (Lipinski definition) is 1. The Morgan fingerprint density at radius 3 is 2.27 bits per heavy atom. The normalized spacial score (nSPS) is 12.1. The van der Waals surface area contributed by atoms with Gasteiger partial charge in [-0.1, -0.05) is 48.5 Å². The Morgan fingerprint density at radius 1 is 0.909 bits per heavy atom. The van der Waals surface area contributed by atoms with E-state index in [-0.39, 0.29) is 5.57 Å². The van der Waals surface area contributed by atoms with Gasteiger partial charge in [0.1, 0.15) is 5.75 Å². The van der Waals surface area contributed by atoms with Gasteiger partial charge in [0, 0.05) is 5.56 Å². The number of carbonyl (C=O) groups is 2. The van der Waals surface area contributed by atoms with E-state index in [1.807, 2.05) is 0 Å². The Balaban J connectivity index is 1.84. The lowest BCUT2D eigenvalue weighted by atomic mass is 10.0. The lowest BCUT2D eigenvalue weighted by molar-refractivity contribution is -0.147. The highest BCUT2D eigenvalue weighted by Gasteiger charge is 2.24. The Morgan fingerprint density at radius 2 is 1.58 bits per heavy atom. The highest BCUT2D eigenvalue weighted by Crippen LogP contribution is 2.26. The lowest BCUT2D eigenvalue weighted by Crippen LogP contribution is -2.30.